The minimum Gasteiger partial charge on any atom is -0.907 e. The third kappa shape index (κ3) is 20.9. The summed E-state index contributed by atoms with van der Waals surface area (Å²) in [5.41, 5.74) is -0.356. The molecule has 0 aliphatic carbocycles. The minimum absolute atomic E-state index is 0. The number of carboxylic acid groups (broad SMARTS) is 2. The fourth-order valence-corrected chi connectivity index (χ4v) is 1.29. The molecular weight excluding hydrogens is 358 g/mol. The molecule has 15 heteroatoms. The Bertz CT molecular complexity index is 634. The van der Waals surface area contributed by atoms with Crippen molar-refractivity contribution in [3.8, 4) is 11.5 Å². The standard InChI is InChI=1S/2C7H6O3.BO3.5Li/c2*8-6-4-2-1-3-5(6)7(9)10;2-1(3)4;;;;;/h2*1-4,8H,(H,9,10);;;;;;/q;;-3;5*+1/p-2. The molecule has 0 heterocycles. The number of carboxylic acids is 2. The summed E-state index contributed by atoms with van der Waals surface area (Å²) in [5.74, 6) is -3.25. The number of hydrogen-bond acceptors (Lipinski definition) is 7. The van der Waals surface area contributed by atoms with Gasteiger partial charge in [-0.3, -0.25) is 7.32 Å². The molecule has 0 saturated heterocycles. The van der Waals surface area contributed by atoms with Gasteiger partial charge < -0.3 is 35.5 Å². The van der Waals surface area contributed by atoms with E-state index in [1.54, 1.807) is 0 Å². The largest absolute Gasteiger partial charge is 1.00 e. The van der Waals surface area contributed by atoms with Gasteiger partial charge in [0.2, 0.25) is 0 Å². The summed E-state index contributed by atoms with van der Waals surface area (Å²) < 4.78 is 0. The van der Waals surface area contributed by atoms with Gasteiger partial charge >= 0.3 is 106 Å². The number of carbonyl (C=O) groups is 2. The summed E-state index contributed by atoms with van der Waals surface area (Å²) in [6, 6.07) is 11.1. The van der Waals surface area contributed by atoms with Crippen LogP contribution in [0.1, 0.15) is 20.7 Å². The predicted octanol–water partition coefficient (Wildman–Crippen LogP) is -18.0. The first-order chi connectivity index (χ1) is 11.2. The van der Waals surface area contributed by atoms with Gasteiger partial charge in [0.25, 0.3) is 0 Å². The molecule has 0 aliphatic heterocycles. The van der Waals surface area contributed by atoms with Crippen molar-refractivity contribution in [1.29, 1.82) is 0 Å². The van der Waals surface area contributed by atoms with E-state index < -0.39 is 30.8 Å². The molecule has 128 valence electrons. The molecule has 2 N–H and O–H groups in total. The van der Waals surface area contributed by atoms with E-state index in [9.17, 15) is 19.8 Å². The summed E-state index contributed by atoms with van der Waals surface area (Å²) in [7, 11) is -2.92. The van der Waals surface area contributed by atoms with Crippen molar-refractivity contribution >= 4 is 19.3 Å². The maximum Gasteiger partial charge on any atom is 1.00 e. The molecule has 9 nitrogen and oxygen atoms in total. The Balaban J connectivity index is -0.0000000674. The van der Waals surface area contributed by atoms with Gasteiger partial charge in [-0.15, -0.1) is 0 Å². The number of benzene rings is 2. The minimum atomic E-state index is -2.92. The van der Waals surface area contributed by atoms with E-state index in [0.717, 1.165) is 0 Å². The van der Waals surface area contributed by atoms with Crippen LogP contribution in [0.3, 0.4) is 0 Å². The van der Waals surface area contributed by atoms with Gasteiger partial charge in [0.15, 0.2) is 0 Å². The molecule has 29 heavy (non-hydrogen) atoms. The average Bonchev–Trinajstić information content (AvgIpc) is 2.47. The number of rotatable bonds is 2. The number of hydrogen-bond donors (Lipinski definition) is 2. The van der Waals surface area contributed by atoms with Gasteiger partial charge in [-0.05, 0) is 12.1 Å². The van der Waals surface area contributed by atoms with E-state index >= 15 is 0 Å². The van der Waals surface area contributed by atoms with Crippen LogP contribution in [0.5, 0.6) is 11.5 Å². The Hall–Kier alpha value is -0.0881. The zero-order valence-corrected chi connectivity index (χ0v) is 16.9. The monoisotopic (exact) mass is 368 g/mol. The Labute approximate surface area is 228 Å². The zero-order valence-electron chi connectivity index (χ0n) is 16.9. The van der Waals surface area contributed by atoms with E-state index in [0.29, 0.717) is 0 Å². The Kier molecular flexibility index (Phi) is 35.8. The average molecular weight is 368 g/mol. The fraction of sp³-hybridized carbons (Fsp3) is 0. The summed E-state index contributed by atoms with van der Waals surface area (Å²) in [5, 5.41) is 63.3. The molecule has 2 rings (SSSR count). The van der Waals surface area contributed by atoms with Crippen LogP contribution in [0.15, 0.2) is 48.5 Å². The van der Waals surface area contributed by atoms with E-state index in [4.69, 9.17) is 25.3 Å². The molecule has 0 amide bonds. The van der Waals surface area contributed by atoms with Crippen molar-refractivity contribution < 1.29 is 139 Å². The van der Waals surface area contributed by atoms with Crippen molar-refractivity contribution in [2.75, 3.05) is 0 Å². The predicted molar refractivity (Wildman–Crippen MR) is 71.4 cm³/mol. The van der Waals surface area contributed by atoms with E-state index in [1.807, 2.05) is 0 Å². The molecule has 0 saturated carbocycles. The first kappa shape index (κ1) is 42.9. The van der Waals surface area contributed by atoms with Crippen LogP contribution >= 0.6 is 0 Å². The van der Waals surface area contributed by atoms with Crippen molar-refractivity contribution in [3.63, 3.8) is 0 Å². The van der Waals surface area contributed by atoms with Crippen molar-refractivity contribution in [3.05, 3.63) is 59.7 Å². The van der Waals surface area contributed by atoms with Crippen LogP contribution in [0.2, 0.25) is 0 Å². The zero-order chi connectivity index (χ0) is 18.7. The third-order valence-corrected chi connectivity index (χ3v) is 2.23. The van der Waals surface area contributed by atoms with E-state index in [2.05, 4.69) is 0 Å². The van der Waals surface area contributed by atoms with Crippen molar-refractivity contribution in [2.45, 2.75) is 0 Å². The normalized spacial score (nSPS) is 7.28. The van der Waals surface area contributed by atoms with Gasteiger partial charge in [-0.2, -0.15) is 0 Å². The molecule has 0 unspecified atom stereocenters. The topological polar surface area (TPSA) is 190 Å². The Morgan fingerprint density at radius 3 is 0.966 bits per heavy atom. The maximum absolute atomic E-state index is 10.7. The molecular formula is C14H10BLi5O9. The number of para-hydroxylation sites is 2. The smallest absolute Gasteiger partial charge is 0.907 e. The molecule has 0 spiro atoms. The summed E-state index contributed by atoms with van der Waals surface area (Å²) in [4.78, 5) is 20.4. The molecule has 0 aliphatic rings. The van der Waals surface area contributed by atoms with Crippen LogP contribution in [-0.4, -0.2) is 29.5 Å². The number of aromatic carboxylic acids is 2. The third-order valence-electron chi connectivity index (χ3n) is 2.23. The second kappa shape index (κ2) is 24.2. The Morgan fingerprint density at radius 2 is 0.828 bits per heavy atom. The van der Waals surface area contributed by atoms with Gasteiger partial charge in [0.05, 0.1) is 11.1 Å². The first-order valence-corrected chi connectivity index (χ1v) is 6.13. The summed E-state index contributed by atoms with van der Waals surface area (Å²) >= 11 is 0. The SMILES string of the molecule is O=C(O)c1ccccc1[O-].O=C(O)c1ccccc1[O-].[Li+].[Li+].[Li+].[Li+].[Li+].[O-]B([O-])[O-]. The van der Waals surface area contributed by atoms with Crippen molar-refractivity contribution in [2.24, 2.45) is 0 Å². The molecule has 0 radical (unpaired) electrons. The van der Waals surface area contributed by atoms with Gasteiger partial charge in [-0.1, -0.05) is 47.9 Å². The second-order valence-electron chi connectivity index (χ2n) is 3.89. The maximum atomic E-state index is 10.7. The second-order valence-corrected chi connectivity index (χ2v) is 3.89. The van der Waals surface area contributed by atoms with Gasteiger partial charge in [0.1, 0.15) is 0 Å². The first-order valence-electron chi connectivity index (χ1n) is 6.13. The van der Waals surface area contributed by atoms with Crippen LogP contribution in [0.4, 0.5) is 0 Å². The van der Waals surface area contributed by atoms with Crippen LogP contribution < -0.4 is 120 Å². The quantitative estimate of drug-likeness (QED) is 0.485. The van der Waals surface area contributed by atoms with Crippen LogP contribution in [-0.2, 0) is 0 Å². The van der Waals surface area contributed by atoms with Gasteiger partial charge in [0, 0.05) is 0 Å². The molecule has 2 aromatic carbocycles. The molecule has 0 fully saturated rings. The summed E-state index contributed by atoms with van der Waals surface area (Å²) in [6.07, 6.45) is 0. The van der Waals surface area contributed by atoms with Crippen molar-refractivity contribution in [1.82, 2.24) is 0 Å². The Morgan fingerprint density at radius 1 is 0.621 bits per heavy atom. The van der Waals surface area contributed by atoms with Crippen LogP contribution in [0, 0.1) is 0 Å². The summed E-state index contributed by atoms with van der Waals surface area (Å²) in [6.45, 7) is 0. The molecule has 0 atom stereocenters. The molecule has 0 bridgehead atoms. The van der Waals surface area contributed by atoms with E-state index in [1.165, 1.54) is 48.5 Å². The fourth-order valence-electron chi connectivity index (χ4n) is 1.29. The molecule has 2 aromatic rings. The van der Waals surface area contributed by atoms with Gasteiger partial charge in [-0.25, -0.2) is 9.59 Å². The van der Waals surface area contributed by atoms with E-state index in [-0.39, 0.29) is 105 Å². The van der Waals surface area contributed by atoms with Crippen LogP contribution in [0.25, 0.3) is 0 Å². The molecule has 0 aromatic heterocycles.